The summed E-state index contributed by atoms with van der Waals surface area (Å²) in [5.41, 5.74) is 11.5. The van der Waals surface area contributed by atoms with Crippen LogP contribution in [0.5, 0.6) is 11.5 Å². The standard InChI is InChI=1S/C22H23N5O5.C17H15N5O3.ClH/c1-22(2,3)32-21(30)27-15-9-23-18-17(15)25-11-26-19(18)20(29)24-8-12-4-5-16-13(6-12)7-14(28)10-31-16;18-12-6-19-15-14(12)21-8-22-16(15)17(24)20-5-9-1-2-13-10(3-9)4-11(23)7-25-13;/h4-6,9,11,23H,7-8,10H2,1-3H3,(H,24,29)(H,27,30);1-3,6,8,19H,4-5,7,18H2,(H,20,24);1H. The van der Waals surface area contributed by atoms with Crippen molar-refractivity contribution >= 4 is 75.3 Å². The highest BCUT2D eigenvalue weighted by Gasteiger charge is 2.22. The van der Waals surface area contributed by atoms with Crippen LogP contribution in [-0.2, 0) is 40.3 Å². The molecular formula is C39H39ClN10O8. The average Bonchev–Trinajstić information content (AvgIpc) is 3.77. The lowest BCUT2D eigenvalue weighted by Crippen LogP contribution is -2.27. The molecule has 2 aliphatic heterocycles. The second-order valence-electron chi connectivity index (χ2n) is 14.2. The molecule has 18 nitrogen and oxygen atoms in total. The fourth-order valence-electron chi connectivity index (χ4n) is 6.17. The van der Waals surface area contributed by atoms with E-state index in [0.717, 1.165) is 22.3 Å². The molecule has 3 amide bonds. The quantitative estimate of drug-likeness (QED) is 0.133. The number of hydrogen-bond acceptors (Lipinski definition) is 13. The third kappa shape index (κ3) is 9.30. The van der Waals surface area contributed by atoms with E-state index in [0.29, 0.717) is 64.3 Å². The Morgan fingerprint density at radius 1 is 0.759 bits per heavy atom. The minimum Gasteiger partial charge on any atom is -0.486 e. The second kappa shape index (κ2) is 17.0. The Bertz CT molecular complexity index is 2560. The van der Waals surface area contributed by atoms with Gasteiger partial charge in [0.05, 0.1) is 22.4 Å². The zero-order valence-corrected chi connectivity index (χ0v) is 32.4. The van der Waals surface area contributed by atoms with Crippen LogP contribution in [0.4, 0.5) is 16.2 Å². The van der Waals surface area contributed by atoms with E-state index in [9.17, 15) is 24.0 Å². The van der Waals surface area contributed by atoms with Crippen LogP contribution in [0.25, 0.3) is 22.1 Å². The van der Waals surface area contributed by atoms with Crippen LogP contribution in [0.3, 0.4) is 0 Å². The van der Waals surface area contributed by atoms with Crippen LogP contribution in [0.1, 0.15) is 64.0 Å². The number of ketones is 2. The van der Waals surface area contributed by atoms with Gasteiger partial charge in [-0.25, -0.2) is 24.7 Å². The van der Waals surface area contributed by atoms with Crippen molar-refractivity contribution in [2.45, 2.75) is 52.3 Å². The second-order valence-corrected chi connectivity index (χ2v) is 14.2. The summed E-state index contributed by atoms with van der Waals surface area (Å²) in [5, 5.41) is 8.26. The molecule has 0 spiro atoms. The van der Waals surface area contributed by atoms with Crippen LogP contribution >= 0.6 is 12.4 Å². The average molecular weight is 811 g/mol. The molecule has 300 valence electrons. The van der Waals surface area contributed by atoms with Crippen molar-refractivity contribution in [1.29, 1.82) is 0 Å². The molecular weight excluding hydrogens is 772 g/mol. The van der Waals surface area contributed by atoms with E-state index >= 15 is 0 Å². The van der Waals surface area contributed by atoms with Gasteiger partial charge in [0.25, 0.3) is 11.8 Å². The number of carbonyl (C=O) groups is 5. The van der Waals surface area contributed by atoms with Gasteiger partial charge in [0.2, 0.25) is 0 Å². The molecule has 2 aliphatic rings. The van der Waals surface area contributed by atoms with Gasteiger partial charge in [-0.05, 0) is 56.2 Å². The molecule has 19 heteroatoms. The van der Waals surface area contributed by atoms with Gasteiger partial charge in [0.1, 0.15) is 54.0 Å². The number of nitrogens with two attached hydrogens (primary N) is 1. The summed E-state index contributed by atoms with van der Waals surface area (Å²) in [7, 11) is 0. The number of halogens is 1. The highest BCUT2D eigenvalue weighted by Crippen LogP contribution is 2.27. The number of Topliss-reactive ketones (excluding diaryl/α,β-unsaturated/α-hetero) is 2. The van der Waals surface area contributed by atoms with Crippen molar-refractivity contribution in [2.24, 2.45) is 0 Å². The van der Waals surface area contributed by atoms with Gasteiger partial charge in [0, 0.05) is 49.5 Å². The van der Waals surface area contributed by atoms with Crippen molar-refractivity contribution in [3.63, 3.8) is 0 Å². The van der Waals surface area contributed by atoms with Crippen LogP contribution < -0.4 is 31.2 Å². The first-order valence-electron chi connectivity index (χ1n) is 17.8. The number of benzene rings is 2. The molecule has 0 saturated heterocycles. The number of nitrogen functional groups attached to an aromatic ring is 1. The minimum atomic E-state index is -0.647. The molecule has 0 fully saturated rings. The molecule has 2 aromatic carbocycles. The third-order valence-corrected chi connectivity index (χ3v) is 8.73. The number of fused-ring (bicyclic) bond motifs is 4. The highest BCUT2D eigenvalue weighted by atomic mass is 35.5. The Morgan fingerprint density at radius 2 is 1.26 bits per heavy atom. The number of hydrogen-bond donors (Lipinski definition) is 6. The van der Waals surface area contributed by atoms with Gasteiger partial charge < -0.3 is 40.5 Å². The number of nitrogens with one attached hydrogen (secondary N) is 5. The zero-order valence-electron chi connectivity index (χ0n) is 31.6. The fourth-order valence-corrected chi connectivity index (χ4v) is 6.17. The predicted octanol–water partition coefficient (Wildman–Crippen LogP) is 4.13. The van der Waals surface area contributed by atoms with Crippen LogP contribution in [0, 0.1) is 0 Å². The first kappa shape index (κ1) is 40.6. The monoisotopic (exact) mass is 810 g/mol. The van der Waals surface area contributed by atoms with Gasteiger partial charge >= 0.3 is 6.09 Å². The number of ether oxygens (including phenoxy) is 3. The predicted molar refractivity (Wildman–Crippen MR) is 213 cm³/mol. The summed E-state index contributed by atoms with van der Waals surface area (Å²) in [6.45, 7) is 6.05. The van der Waals surface area contributed by atoms with Crippen LogP contribution in [-0.4, -0.2) is 78.2 Å². The maximum atomic E-state index is 12.8. The molecule has 0 unspecified atom stereocenters. The highest BCUT2D eigenvalue weighted by molar-refractivity contribution is 6.07. The maximum absolute atomic E-state index is 12.8. The fraction of sp³-hybridized carbons (Fsp3) is 0.256. The molecule has 7 N–H and O–H groups in total. The molecule has 8 rings (SSSR count). The molecule has 0 aliphatic carbocycles. The summed E-state index contributed by atoms with van der Waals surface area (Å²) >= 11 is 0. The molecule has 0 saturated carbocycles. The largest absolute Gasteiger partial charge is 0.486 e. The smallest absolute Gasteiger partial charge is 0.412 e. The minimum absolute atomic E-state index is 0. The number of anilines is 2. The number of H-pyrrole nitrogens is 2. The van der Waals surface area contributed by atoms with Gasteiger partial charge in [-0.15, -0.1) is 12.4 Å². The lowest BCUT2D eigenvalue weighted by molar-refractivity contribution is -0.122. The van der Waals surface area contributed by atoms with Crippen molar-refractivity contribution in [2.75, 3.05) is 24.3 Å². The molecule has 0 bridgehead atoms. The summed E-state index contributed by atoms with van der Waals surface area (Å²) in [4.78, 5) is 82.6. The zero-order chi connectivity index (χ0) is 40.3. The van der Waals surface area contributed by atoms with E-state index in [1.807, 2.05) is 30.3 Å². The van der Waals surface area contributed by atoms with Crippen LogP contribution in [0.15, 0.2) is 61.4 Å². The Labute approximate surface area is 336 Å². The third-order valence-electron chi connectivity index (χ3n) is 8.73. The summed E-state index contributed by atoms with van der Waals surface area (Å²) in [5.74, 6) is 0.723. The lowest BCUT2D eigenvalue weighted by Gasteiger charge is -2.19. The van der Waals surface area contributed by atoms with Crippen LogP contribution in [0.2, 0.25) is 0 Å². The lowest BCUT2D eigenvalue weighted by atomic mass is 10.0. The first-order chi connectivity index (χ1) is 27.3. The van der Waals surface area contributed by atoms with E-state index in [4.69, 9.17) is 19.9 Å². The van der Waals surface area contributed by atoms with E-state index in [-0.39, 0.29) is 61.0 Å². The number of nitrogens with zero attached hydrogens (tertiary/aromatic N) is 4. The SMILES string of the molecule is CC(C)(C)OC(=O)Nc1c[nH]c2c(C(=O)NCc3ccc4c(c3)CC(=O)CO4)ncnc12.Cl.Nc1c[nH]c2c(C(=O)NCc3ccc4c(c3)CC(=O)CO4)ncnc12. The Hall–Kier alpha value is -7.08. The van der Waals surface area contributed by atoms with Crippen molar-refractivity contribution < 1.29 is 38.2 Å². The van der Waals surface area contributed by atoms with Crippen molar-refractivity contribution in [1.82, 2.24) is 40.5 Å². The Morgan fingerprint density at radius 3 is 1.79 bits per heavy atom. The summed E-state index contributed by atoms with van der Waals surface area (Å²) < 4.78 is 16.0. The molecule has 4 aromatic heterocycles. The van der Waals surface area contributed by atoms with Gasteiger partial charge in [-0.1, -0.05) is 12.1 Å². The number of carbonyl (C=O) groups excluding carboxylic acids is 5. The number of aromatic amines is 2. The summed E-state index contributed by atoms with van der Waals surface area (Å²) in [6, 6.07) is 11.0. The Balaban J connectivity index is 0.000000198. The Kier molecular flexibility index (Phi) is 11.9. The molecule has 58 heavy (non-hydrogen) atoms. The topological polar surface area (TPSA) is 258 Å². The first-order valence-corrected chi connectivity index (χ1v) is 17.8. The van der Waals surface area contributed by atoms with E-state index in [1.165, 1.54) is 18.9 Å². The number of aromatic nitrogens is 6. The molecule has 0 radical (unpaired) electrons. The number of rotatable bonds is 7. The summed E-state index contributed by atoms with van der Waals surface area (Å²) in [6.07, 6.45) is 5.72. The van der Waals surface area contributed by atoms with Gasteiger partial charge in [-0.2, -0.15) is 0 Å². The van der Waals surface area contributed by atoms with E-state index < -0.39 is 17.6 Å². The van der Waals surface area contributed by atoms with Gasteiger partial charge in [-0.3, -0.25) is 24.5 Å². The van der Waals surface area contributed by atoms with E-state index in [1.54, 1.807) is 33.0 Å². The maximum Gasteiger partial charge on any atom is 0.412 e. The molecule has 6 heterocycles. The molecule has 6 aromatic rings. The van der Waals surface area contributed by atoms with E-state index in [2.05, 4.69) is 45.9 Å². The van der Waals surface area contributed by atoms with Crippen molar-refractivity contribution in [3.05, 3.63) is 95.1 Å². The van der Waals surface area contributed by atoms with Gasteiger partial charge in [0.15, 0.2) is 23.0 Å². The number of amides is 3. The van der Waals surface area contributed by atoms with Crippen molar-refractivity contribution in [3.8, 4) is 11.5 Å². The normalized spacial score (nSPS) is 13.1. The molecule has 0 atom stereocenters.